The van der Waals surface area contributed by atoms with Crippen LogP contribution in [0.1, 0.15) is 36.4 Å². The van der Waals surface area contributed by atoms with Crippen molar-refractivity contribution in [2.24, 2.45) is 5.92 Å². The molecule has 1 heterocycles. The summed E-state index contributed by atoms with van der Waals surface area (Å²) >= 11 is 1.50. The fraction of sp³-hybridized carbons (Fsp3) is 0.423. The highest BCUT2D eigenvalue weighted by molar-refractivity contribution is 7.98. The van der Waals surface area contributed by atoms with Gasteiger partial charge in [0, 0.05) is 23.7 Å². The van der Waals surface area contributed by atoms with E-state index >= 15 is 0 Å². The fourth-order valence-electron chi connectivity index (χ4n) is 4.71. The summed E-state index contributed by atoms with van der Waals surface area (Å²) in [7, 11) is 0. The molecule has 1 aromatic heterocycles. The van der Waals surface area contributed by atoms with E-state index in [-0.39, 0.29) is 30.9 Å². The van der Waals surface area contributed by atoms with Crippen molar-refractivity contribution in [1.29, 1.82) is 0 Å². The van der Waals surface area contributed by atoms with Crippen molar-refractivity contribution in [1.82, 2.24) is 9.78 Å². The first-order valence-electron chi connectivity index (χ1n) is 11.6. The molecule has 194 valence electrons. The van der Waals surface area contributed by atoms with Crippen molar-refractivity contribution in [3.05, 3.63) is 65.9 Å². The van der Waals surface area contributed by atoms with E-state index in [0.717, 1.165) is 10.5 Å². The molecule has 2 atom stereocenters. The van der Waals surface area contributed by atoms with Crippen LogP contribution in [-0.2, 0) is 17.9 Å². The second-order valence-corrected chi connectivity index (χ2v) is 9.93. The van der Waals surface area contributed by atoms with Crippen molar-refractivity contribution < 1.29 is 31.8 Å². The predicted octanol–water partition coefficient (Wildman–Crippen LogP) is 7.28. The van der Waals surface area contributed by atoms with Crippen molar-refractivity contribution >= 4 is 11.8 Å². The van der Waals surface area contributed by atoms with Crippen LogP contribution in [-0.4, -0.2) is 39.8 Å². The third-order valence-electron chi connectivity index (χ3n) is 6.41. The second-order valence-electron chi connectivity index (χ2n) is 9.05. The monoisotopic (exact) mass is 526 g/mol. The number of thioether (sulfide) groups is 1. The van der Waals surface area contributed by atoms with Crippen molar-refractivity contribution in [2.75, 3.05) is 12.9 Å². The summed E-state index contributed by atoms with van der Waals surface area (Å²) in [4.78, 5) is 0.937. The first-order valence-corrected chi connectivity index (χ1v) is 12.8. The van der Waals surface area contributed by atoms with E-state index in [1.807, 2.05) is 36.6 Å². The zero-order valence-electron chi connectivity index (χ0n) is 19.6. The van der Waals surface area contributed by atoms with Crippen LogP contribution in [0.5, 0.6) is 5.88 Å². The molecule has 0 amide bonds. The van der Waals surface area contributed by atoms with Gasteiger partial charge in [0.2, 0.25) is 11.8 Å². The third-order valence-corrected chi connectivity index (χ3v) is 7.15. The smallest absolute Gasteiger partial charge is 0.408 e. The average molecular weight is 527 g/mol. The number of hydrogen-bond acceptors (Lipinski definition) is 4. The van der Waals surface area contributed by atoms with E-state index in [2.05, 4.69) is 5.10 Å². The average Bonchev–Trinajstić information content (AvgIpc) is 3.13. The number of aromatic hydroxyl groups is 1. The molecule has 0 unspecified atom stereocenters. The van der Waals surface area contributed by atoms with E-state index in [0.29, 0.717) is 10.2 Å². The molecule has 0 saturated heterocycles. The Kier molecular flexibility index (Phi) is 7.94. The van der Waals surface area contributed by atoms with Crippen LogP contribution < -0.4 is 0 Å². The summed E-state index contributed by atoms with van der Waals surface area (Å²) < 4.78 is 74.8. The quantitative estimate of drug-likeness (QED) is 0.248. The fourth-order valence-corrected chi connectivity index (χ4v) is 5.12. The summed E-state index contributed by atoms with van der Waals surface area (Å²) in [6.45, 7) is -1.26. The number of alkyl halides is 5. The minimum Gasteiger partial charge on any atom is -0.493 e. The number of aromatic nitrogens is 2. The third kappa shape index (κ3) is 6.39. The molecular weight excluding hydrogens is 499 g/mol. The molecule has 1 aliphatic rings. The Morgan fingerprint density at radius 1 is 1.11 bits per heavy atom. The summed E-state index contributed by atoms with van der Waals surface area (Å²) in [6.07, 6.45) is -3.58. The van der Waals surface area contributed by atoms with Gasteiger partial charge in [-0.25, -0.2) is 13.5 Å². The number of hydrogen-bond donors (Lipinski definition) is 1. The first-order chi connectivity index (χ1) is 17.1. The van der Waals surface area contributed by atoms with Gasteiger partial charge in [0.1, 0.15) is 6.54 Å². The Labute approximate surface area is 210 Å². The van der Waals surface area contributed by atoms with Crippen LogP contribution in [0, 0.1) is 5.92 Å². The van der Waals surface area contributed by atoms with Crippen LogP contribution in [0.3, 0.4) is 0 Å². The lowest BCUT2D eigenvalue weighted by molar-refractivity contribution is -0.143. The standard InChI is InChI=1S/C26H27F5N2O2S/c1-36-20-9-7-18(8-10-20)22-23(32-33(24(22)34)16-26(29,30)31)21-11-12-25(27,28)13-19(21)15-35-14-17-5-3-2-4-6-17/h2-10,19,21,34H,11-16H2,1H3/t19-,21+/m0/s1. The van der Waals surface area contributed by atoms with Crippen LogP contribution in [0.4, 0.5) is 22.0 Å². The van der Waals surface area contributed by atoms with Gasteiger partial charge in [-0.05, 0) is 41.9 Å². The van der Waals surface area contributed by atoms with E-state index < -0.39 is 49.2 Å². The second kappa shape index (κ2) is 10.8. The van der Waals surface area contributed by atoms with Gasteiger partial charge in [0.25, 0.3) is 0 Å². The molecule has 0 spiro atoms. The molecule has 1 aliphatic carbocycles. The van der Waals surface area contributed by atoms with Crippen molar-refractivity contribution in [3.63, 3.8) is 0 Å². The lowest BCUT2D eigenvalue weighted by atomic mass is 9.75. The van der Waals surface area contributed by atoms with Gasteiger partial charge in [0.15, 0.2) is 0 Å². The maximum absolute atomic E-state index is 14.4. The highest BCUT2D eigenvalue weighted by atomic mass is 32.2. The number of nitrogens with zero attached hydrogens (tertiary/aromatic N) is 2. The Balaban J connectivity index is 1.68. The molecule has 3 aromatic rings. The zero-order chi connectivity index (χ0) is 25.9. The predicted molar refractivity (Wildman–Crippen MR) is 128 cm³/mol. The summed E-state index contributed by atoms with van der Waals surface area (Å²) in [6, 6.07) is 16.3. The largest absolute Gasteiger partial charge is 0.493 e. The molecule has 1 fully saturated rings. The Bertz CT molecular complexity index is 1150. The van der Waals surface area contributed by atoms with Crippen LogP contribution in [0.25, 0.3) is 11.1 Å². The lowest BCUT2D eigenvalue weighted by Gasteiger charge is -2.35. The maximum Gasteiger partial charge on any atom is 0.408 e. The van der Waals surface area contributed by atoms with Crippen LogP contribution in [0.2, 0.25) is 0 Å². The number of halogens is 5. The summed E-state index contributed by atoms with van der Waals surface area (Å²) in [5.74, 6) is -4.82. The lowest BCUT2D eigenvalue weighted by Crippen LogP contribution is -2.34. The molecule has 0 radical (unpaired) electrons. The normalized spacial score (nSPS) is 19.9. The molecular formula is C26H27F5N2O2S. The molecule has 4 nitrogen and oxygen atoms in total. The van der Waals surface area contributed by atoms with Crippen molar-refractivity contribution in [2.45, 2.75) is 55.3 Å². The van der Waals surface area contributed by atoms with Gasteiger partial charge >= 0.3 is 6.18 Å². The molecule has 0 bridgehead atoms. The molecule has 1 saturated carbocycles. The topological polar surface area (TPSA) is 47.3 Å². The number of benzene rings is 2. The van der Waals surface area contributed by atoms with E-state index in [1.54, 1.807) is 24.3 Å². The minimum atomic E-state index is -4.61. The van der Waals surface area contributed by atoms with E-state index in [9.17, 15) is 27.1 Å². The number of rotatable bonds is 8. The number of ether oxygens (including phenoxy) is 1. The van der Waals surface area contributed by atoms with Gasteiger partial charge in [-0.15, -0.1) is 11.8 Å². The van der Waals surface area contributed by atoms with E-state index in [1.165, 1.54) is 11.8 Å². The Hall–Kier alpha value is -2.59. The van der Waals surface area contributed by atoms with Gasteiger partial charge in [-0.3, -0.25) is 0 Å². The Morgan fingerprint density at radius 3 is 2.44 bits per heavy atom. The molecule has 2 aromatic carbocycles. The maximum atomic E-state index is 14.4. The first kappa shape index (κ1) is 26.5. The molecule has 4 rings (SSSR count). The summed E-state index contributed by atoms with van der Waals surface area (Å²) in [5, 5.41) is 15.0. The summed E-state index contributed by atoms with van der Waals surface area (Å²) in [5.41, 5.74) is 1.71. The Morgan fingerprint density at radius 2 is 1.81 bits per heavy atom. The van der Waals surface area contributed by atoms with Gasteiger partial charge in [0.05, 0.1) is 24.5 Å². The van der Waals surface area contributed by atoms with Gasteiger partial charge in [-0.2, -0.15) is 18.3 Å². The molecule has 0 aliphatic heterocycles. The molecule has 10 heteroatoms. The molecule has 36 heavy (non-hydrogen) atoms. The van der Waals surface area contributed by atoms with Gasteiger partial charge in [-0.1, -0.05) is 42.5 Å². The van der Waals surface area contributed by atoms with Crippen molar-refractivity contribution in [3.8, 4) is 17.0 Å². The van der Waals surface area contributed by atoms with E-state index in [4.69, 9.17) is 4.74 Å². The SMILES string of the molecule is CSc1ccc(-c2c([C@@H]3CCC(F)(F)C[C@H]3COCc3ccccc3)nn(CC(F)(F)F)c2O)cc1. The zero-order valence-corrected chi connectivity index (χ0v) is 20.5. The van der Waals surface area contributed by atoms with Crippen LogP contribution >= 0.6 is 11.8 Å². The highest BCUT2D eigenvalue weighted by Crippen LogP contribution is 2.49. The minimum absolute atomic E-state index is 0.00705. The molecule has 1 N–H and O–H groups in total. The highest BCUT2D eigenvalue weighted by Gasteiger charge is 2.44. The van der Waals surface area contributed by atoms with Gasteiger partial charge < -0.3 is 9.84 Å². The van der Waals surface area contributed by atoms with Crippen LogP contribution in [0.15, 0.2) is 59.5 Å².